The van der Waals surface area contributed by atoms with Gasteiger partial charge in [-0.3, -0.25) is 9.59 Å². The van der Waals surface area contributed by atoms with Crippen molar-refractivity contribution in [1.82, 2.24) is 9.47 Å². The molecule has 152 valence electrons. The van der Waals surface area contributed by atoms with Crippen molar-refractivity contribution in [2.24, 2.45) is 11.8 Å². The Labute approximate surface area is 168 Å². The molecule has 1 amide bonds. The summed E-state index contributed by atoms with van der Waals surface area (Å²) in [4.78, 5) is 28.5. The molecule has 3 fully saturated rings. The first-order valence-electron chi connectivity index (χ1n) is 11.7. The van der Waals surface area contributed by atoms with Gasteiger partial charge in [0.1, 0.15) is 0 Å². The van der Waals surface area contributed by atoms with E-state index < -0.39 is 0 Å². The molecular weight excluding hydrogens is 348 g/mol. The number of nitrogens with zero attached hydrogens (tertiary/aromatic N) is 2. The first-order valence-corrected chi connectivity index (χ1v) is 11.7. The van der Waals surface area contributed by atoms with Crippen molar-refractivity contribution < 1.29 is 4.79 Å². The molecule has 2 bridgehead atoms. The van der Waals surface area contributed by atoms with Crippen molar-refractivity contribution in [1.29, 1.82) is 0 Å². The molecule has 1 saturated heterocycles. The van der Waals surface area contributed by atoms with E-state index in [1.807, 2.05) is 0 Å². The third-order valence-corrected chi connectivity index (χ3v) is 7.94. The summed E-state index contributed by atoms with van der Waals surface area (Å²) in [7, 11) is 0. The fourth-order valence-electron chi connectivity index (χ4n) is 6.47. The van der Waals surface area contributed by atoms with Gasteiger partial charge in [0.15, 0.2) is 0 Å². The van der Waals surface area contributed by atoms with Crippen molar-refractivity contribution in [3.63, 3.8) is 0 Å². The summed E-state index contributed by atoms with van der Waals surface area (Å²) in [5, 5.41) is 0. The second-order valence-corrected chi connectivity index (χ2v) is 9.84. The first kappa shape index (κ1) is 18.4. The van der Waals surface area contributed by atoms with E-state index in [-0.39, 0.29) is 11.5 Å². The molecule has 0 unspecified atom stereocenters. The zero-order valence-corrected chi connectivity index (χ0v) is 17.1. The standard InChI is InChI=1S/C24H34N2O2/c27-23(19-9-5-2-6-10-19)25-14-17-13-20(16-25)22-12-11-21(24(28)26(22)15-17)18-7-3-1-4-8-18/h11-12,17-20H,1-10,13-16H2/t17-,20-/m1/s1. The van der Waals surface area contributed by atoms with Crippen molar-refractivity contribution in [3.8, 4) is 0 Å². The van der Waals surface area contributed by atoms with E-state index in [1.165, 1.54) is 57.1 Å². The largest absolute Gasteiger partial charge is 0.341 e. The van der Waals surface area contributed by atoms with Crippen LogP contribution in [0.4, 0.5) is 0 Å². The van der Waals surface area contributed by atoms with E-state index >= 15 is 0 Å². The summed E-state index contributed by atoms with van der Waals surface area (Å²) < 4.78 is 2.09. The normalized spacial score (nSPS) is 28.8. The molecule has 4 nitrogen and oxygen atoms in total. The molecule has 3 heterocycles. The minimum absolute atomic E-state index is 0.253. The van der Waals surface area contributed by atoms with Crippen LogP contribution in [0.1, 0.15) is 93.7 Å². The topological polar surface area (TPSA) is 42.3 Å². The minimum atomic E-state index is 0.253. The van der Waals surface area contributed by atoms with E-state index in [4.69, 9.17) is 0 Å². The van der Waals surface area contributed by atoms with Gasteiger partial charge in [0.05, 0.1) is 0 Å². The van der Waals surface area contributed by atoms with Gasteiger partial charge in [-0.1, -0.05) is 44.6 Å². The van der Waals surface area contributed by atoms with Gasteiger partial charge in [-0.25, -0.2) is 0 Å². The first-order chi connectivity index (χ1) is 13.7. The van der Waals surface area contributed by atoms with Gasteiger partial charge in [-0.05, 0) is 50.0 Å². The second-order valence-electron chi connectivity index (χ2n) is 9.84. The molecule has 2 aliphatic heterocycles. The van der Waals surface area contributed by atoms with E-state index in [1.54, 1.807) is 0 Å². The number of piperidine rings is 1. The summed E-state index contributed by atoms with van der Waals surface area (Å²) >= 11 is 0. The Morgan fingerprint density at radius 3 is 2.29 bits per heavy atom. The third kappa shape index (κ3) is 3.33. The number of carbonyl (C=O) groups is 1. The summed E-state index contributed by atoms with van der Waals surface area (Å²) in [6, 6.07) is 4.35. The number of fused-ring (bicyclic) bond motifs is 4. The molecular formula is C24H34N2O2. The molecule has 1 aromatic rings. The SMILES string of the molecule is O=C(C1CCCCC1)N1C[C@H]2C[C@H](C1)c1ccc(C3CCCCC3)c(=O)n1C2. The van der Waals surface area contributed by atoms with Crippen LogP contribution < -0.4 is 5.56 Å². The highest BCUT2D eigenvalue weighted by molar-refractivity contribution is 5.79. The van der Waals surface area contributed by atoms with Crippen LogP contribution in [0.5, 0.6) is 0 Å². The number of carbonyl (C=O) groups excluding carboxylic acids is 1. The Kier molecular flexibility index (Phi) is 5.06. The Hall–Kier alpha value is -1.58. The van der Waals surface area contributed by atoms with Crippen LogP contribution in [0.25, 0.3) is 0 Å². The fraction of sp³-hybridized carbons (Fsp3) is 0.750. The van der Waals surface area contributed by atoms with Gasteiger partial charge in [0, 0.05) is 42.7 Å². The molecule has 0 aromatic carbocycles. The van der Waals surface area contributed by atoms with Crippen LogP contribution in [0.2, 0.25) is 0 Å². The zero-order chi connectivity index (χ0) is 19.1. The maximum atomic E-state index is 13.3. The van der Waals surface area contributed by atoms with E-state index in [9.17, 15) is 9.59 Å². The lowest BCUT2D eigenvalue weighted by molar-refractivity contribution is -0.139. The lowest BCUT2D eigenvalue weighted by Gasteiger charge is -2.44. The Balaban J connectivity index is 1.37. The lowest BCUT2D eigenvalue weighted by Crippen LogP contribution is -2.51. The number of pyridine rings is 1. The van der Waals surface area contributed by atoms with Gasteiger partial charge in [-0.2, -0.15) is 0 Å². The van der Waals surface area contributed by atoms with Crippen LogP contribution >= 0.6 is 0 Å². The number of amides is 1. The average Bonchev–Trinajstić information content (AvgIpc) is 2.75. The maximum Gasteiger partial charge on any atom is 0.254 e. The molecule has 2 saturated carbocycles. The molecule has 4 aliphatic rings. The van der Waals surface area contributed by atoms with Crippen LogP contribution in [0.15, 0.2) is 16.9 Å². The zero-order valence-electron chi connectivity index (χ0n) is 17.1. The number of hydrogen-bond acceptors (Lipinski definition) is 2. The van der Waals surface area contributed by atoms with Crippen LogP contribution in [-0.4, -0.2) is 28.5 Å². The molecule has 0 radical (unpaired) electrons. The van der Waals surface area contributed by atoms with Gasteiger partial charge in [0.25, 0.3) is 5.56 Å². The predicted octanol–water partition coefficient (Wildman–Crippen LogP) is 4.42. The highest BCUT2D eigenvalue weighted by atomic mass is 16.2. The minimum Gasteiger partial charge on any atom is -0.341 e. The highest BCUT2D eigenvalue weighted by Crippen LogP contribution is 2.38. The third-order valence-electron chi connectivity index (χ3n) is 7.94. The average molecular weight is 383 g/mol. The lowest BCUT2D eigenvalue weighted by atomic mass is 9.80. The van der Waals surface area contributed by atoms with E-state index in [2.05, 4.69) is 21.6 Å². The van der Waals surface area contributed by atoms with E-state index in [0.29, 0.717) is 23.7 Å². The van der Waals surface area contributed by atoms with Gasteiger partial charge >= 0.3 is 0 Å². The highest BCUT2D eigenvalue weighted by Gasteiger charge is 2.38. The van der Waals surface area contributed by atoms with E-state index in [0.717, 1.165) is 44.5 Å². The molecule has 5 rings (SSSR count). The monoisotopic (exact) mass is 382 g/mol. The number of rotatable bonds is 2. The molecule has 28 heavy (non-hydrogen) atoms. The smallest absolute Gasteiger partial charge is 0.254 e. The fourth-order valence-corrected chi connectivity index (χ4v) is 6.47. The summed E-state index contributed by atoms with van der Waals surface area (Å²) in [6.07, 6.45) is 13.2. The number of hydrogen-bond donors (Lipinski definition) is 0. The number of likely N-dealkylation sites (tertiary alicyclic amines) is 1. The molecule has 0 spiro atoms. The Morgan fingerprint density at radius 2 is 1.54 bits per heavy atom. The van der Waals surface area contributed by atoms with Crippen LogP contribution in [0.3, 0.4) is 0 Å². The Morgan fingerprint density at radius 1 is 0.821 bits per heavy atom. The molecule has 0 N–H and O–H groups in total. The summed E-state index contributed by atoms with van der Waals surface area (Å²) in [6.45, 7) is 2.47. The van der Waals surface area contributed by atoms with Crippen molar-refractivity contribution >= 4 is 5.91 Å². The van der Waals surface area contributed by atoms with Crippen molar-refractivity contribution in [2.75, 3.05) is 13.1 Å². The second kappa shape index (κ2) is 7.68. The van der Waals surface area contributed by atoms with Gasteiger partial charge in [0.2, 0.25) is 5.91 Å². The van der Waals surface area contributed by atoms with Crippen LogP contribution in [0, 0.1) is 11.8 Å². The number of aromatic nitrogens is 1. The molecule has 4 heteroatoms. The van der Waals surface area contributed by atoms with Crippen molar-refractivity contribution in [2.45, 2.75) is 89.0 Å². The molecule has 2 atom stereocenters. The summed E-state index contributed by atoms with van der Waals surface area (Å²) in [5.74, 6) is 1.89. The predicted molar refractivity (Wildman–Crippen MR) is 111 cm³/mol. The summed E-state index contributed by atoms with van der Waals surface area (Å²) in [5.41, 5.74) is 2.51. The molecule has 2 aliphatic carbocycles. The molecule has 1 aromatic heterocycles. The van der Waals surface area contributed by atoms with Crippen LogP contribution in [-0.2, 0) is 11.3 Å². The quantitative estimate of drug-likeness (QED) is 0.760. The van der Waals surface area contributed by atoms with Crippen molar-refractivity contribution in [3.05, 3.63) is 33.7 Å². The maximum absolute atomic E-state index is 13.3. The van der Waals surface area contributed by atoms with Gasteiger partial charge in [-0.15, -0.1) is 0 Å². The van der Waals surface area contributed by atoms with Gasteiger partial charge < -0.3 is 9.47 Å². The Bertz CT molecular complexity index is 786.